The van der Waals surface area contributed by atoms with Crippen molar-refractivity contribution in [3.8, 4) is 11.4 Å². The number of carbonyl (C=O) groups is 1. The molecule has 2 amide bonds. The Hall–Kier alpha value is -3.53. The van der Waals surface area contributed by atoms with Gasteiger partial charge in [-0.05, 0) is 74.2 Å². The summed E-state index contributed by atoms with van der Waals surface area (Å²) in [6.45, 7) is 0. The van der Waals surface area contributed by atoms with Gasteiger partial charge in [-0.15, -0.1) is 0 Å². The molecule has 5 rings (SSSR count). The van der Waals surface area contributed by atoms with Gasteiger partial charge in [-0.2, -0.15) is 0 Å². The van der Waals surface area contributed by atoms with E-state index >= 15 is 0 Å². The van der Waals surface area contributed by atoms with Gasteiger partial charge >= 0.3 is 6.03 Å². The molecule has 4 N–H and O–H groups in total. The Labute approximate surface area is 190 Å². The lowest BCUT2D eigenvalue weighted by molar-refractivity contribution is 0.251. The van der Waals surface area contributed by atoms with E-state index < -0.39 is 20.4 Å². The number of rotatable bonds is 6. The second kappa shape index (κ2) is 7.80. The average molecular weight is 468 g/mol. The SMILES string of the molecule is Nc1cc(C2(S(=O)(=O)c3ccc(F)cc3)CC2)nc(-c2ccc(NC(=O)NC3CC3)cc2)n1. The second-order valence-corrected chi connectivity index (χ2v) is 10.7. The lowest BCUT2D eigenvalue weighted by atomic mass is 10.1. The van der Waals surface area contributed by atoms with Crippen LogP contribution in [0.5, 0.6) is 0 Å². The summed E-state index contributed by atoms with van der Waals surface area (Å²) in [6.07, 6.45) is 2.78. The van der Waals surface area contributed by atoms with Crippen LogP contribution in [0, 0.1) is 5.82 Å². The van der Waals surface area contributed by atoms with E-state index in [1.54, 1.807) is 24.3 Å². The Morgan fingerprint density at radius 3 is 2.30 bits per heavy atom. The first-order valence-corrected chi connectivity index (χ1v) is 12.1. The van der Waals surface area contributed by atoms with Gasteiger partial charge in [0.15, 0.2) is 15.7 Å². The molecule has 2 aromatic carbocycles. The highest BCUT2D eigenvalue weighted by atomic mass is 32.2. The fraction of sp³-hybridized carbons (Fsp3) is 0.261. The quantitative estimate of drug-likeness (QED) is 0.475. The number of hydrogen-bond acceptors (Lipinski definition) is 6. The molecule has 0 saturated heterocycles. The monoisotopic (exact) mass is 467 g/mol. The first kappa shape index (κ1) is 21.3. The maximum atomic E-state index is 13.3. The largest absolute Gasteiger partial charge is 0.384 e. The first-order chi connectivity index (χ1) is 15.8. The molecule has 0 radical (unpaired) electrons. The molecule has 2 aliphatic rings. The van der Waals surface area contributed by atoms with Crippen LogP contribution in [-0.2, 0) is 14.6 Å². The van der Waals surface area contributed by atoms with Crippen molar-refractivity contribution in [3.05, 3.63) is 66.1 Å². The van der Waals surface area contributed by atoms with Gasteiger partial charge in [-0.1, -0.05) is 0 Å². The molecule has 2 fully saturated rings. The molecule has 3 aromatic rings. The summed E-state index contributed by atoms with van der Waals surface area (Å²) < 4.78 is 38.8. The number of hydrogen-bond donors (Lipinski definition) is 3. The van der Waals surface area contributed by atoms with Gasteiger partial charge in [0.2, 0.25) is 0 Å². The summed E-state index contributed by atoms with van der Waals surface area (Å²) in [7, 11) is -3.81. The van der Waals surface area contributed by atoms with Crippen LogP contribution < -0.4 is 16.4 Å². The van der Waals surface area contributed by atoms with Crippen molar-refractivity contribution in [2.75, 3.05) is 11.1 Å². The van der Waals surface area contributed by atoms with Gasteiger partial charge in [-0.25, -0.2) is 27.6 Å². The van der Waals surface area contributed by atoms with E-state index in [9.17, 15) is 17.6 Å². The Morgan fingerprint density at radius 1 is 1.03 bits per heavy atom. The van der Waals surface area contributed by atoms with Gasteiger partial charge < -0.3 is 16.4 Å². The molecule has 0 bridgehead atoms. The van der Waals surface area contributed by atoms with E-state index in [4.69, 9.17) is 5.73 Å². The number of nitrogens with two attached hydrogens (primary N) is 1. The molecular formula is C23H22FN5O3S. The number of nitrogens with one attached hydrogen (secondary N) is 2. The molecule has 2 saturated carbocycles. The smallest absolute Gasteiger partial charge is 0.319 e. The third-order valence-corrected chi connectivity index (χ3v) is 8.41. The molecule has 33 heavy (non-hydrogen) atoms. The Bertz CT molecular complexity index is 1320. The minimum absolute atomic E-state index is 0.0417. The maximum absolute atomic E-state index is 13.3. The molecule has 0 unspecified atom stereocenters. The number of sulfone groups is 1. The zero-order chi connectivity index (χ0) is 23.2. The van der Waals surface area contributed by atoms with Crippen molar-refractivity contribution in [1.82, 2.24) is 15.3 Å². The van der Waals surface area contributed by atoms with Crippen molar-refractivity contribution in [3.63, 3.8) is 0 Å². The highest BCUT2D eigenvalue weighted by Crippen LogP contribution is 2.54. The van der Waals surface area contributed by atoms with Gasteiger partial charge in [0, 0.05) is 23.4 Å². The van der Waals surface area contributed by atoms with Gasteiger partial charge in [-0.3, -0.25) is 0 Å². The Balaban J connectivity index is 1.42. The summed E-state index contributed by atoms with van der Waals surface area (Å²) in [5.74, 6) is -0.0588. The van der Waals surface area contributed by atoms with Crippen LogP contribution in [0.4, 0.5) is 20.7 Å². The lowest BCUT2D eigenvalue weighted by Gasteiger charge is -2.17. The van der Waals surface area contributed by atoms with Gasteiger partial charge in [0.1, 0.15) is 16.4 Å². The summed E-state index contributed by atoms with van der Waals surface area (Å²) >= 11 is 0. The van der Waals surface area contributed by atoms with Crippen LogP contribution in [0.15, 0.2) is 59.5 Å². The van der Waals surface area contributed by atoms with Crippen molar-refractivity contribution in [2.45, 2.75) is 41.4 Å². The predicted molar refractivity (Wildman–Crippen MR) is 122 cm³/mol. The molecule has 170 valence electrons. The lowest BCUT2D eigenvalue weighted by Crippen LogP contribution is -2.30. The molecule has 1 heterocycles. The number of halogens is 1. The second-order valence-electron chi connectivity index (χ2n) is 8.40. The van der Waals surface area contributed by atoms with E-state index in [1.165, 1.54) is 18.2 Å². The van der Waals surface area contributed by atoms with Crippen LogP contribution in [-0.4, -0.2) is 30.5 Å². The van der Waals surface area contributed by atoms with Gasteiger partial charge in [0.25, 0.3) is 0 Å². The molecule has 0 aliphatic heterocycles. The van der Waals surface area contributed by atoms with Crippen LogP contribution in [0.25, 0.3) is 11.4 Å². The zero-order valence-corrected chi connectivity index (χ0v) is 18.4. The van der Waals surface area contributed by atoms with E-state index in [-0.39, 0.29) is 22.8 Å². The normalized spacial score (nSPS) is 16.8. The van der Waals surface area contributed by atoms with Crippen LogP contribution in [0.3, 0.4) is 0 Å². The first-order valence-electron chi connectivity index (χ1n) is 10.6. The molecule has 1 aromatic heterocycles. The van der Waals surface area contributed by atoms with Crippen LogP contribution >= 0.6 is 0 Å². The van der Waals surface area contributed by atoms with Crippen molar-refractivity contribution >= 4 is 27.4 Å². The van der Waals surface area contributed by atoms with E-state index in [1.807, 2.05) is 0 Å². The topological polar surface area (TPSA) is 127 Å². The van der Waals surface area contributed by atoms with Crippen molar-refractivity contribution < 1.29 is 17.6 Å². The minimum Gasteiger partial charge on any atom is -0.384 e. The fourth-order valence-electron chi connectivity index (χ4n) is 3.73. The number of amides is 2. The number of benzene rings is 2. The van der Waals surface area contributed by atoms with E-state index in [0.29, 0.717) is 35.6 Å². The number of nitrogens with zero attached hydrogens (tertiary/aromatic N) is 2. The molecule has 0 atom stereocenters. The third-order valence-electron chi connectivity index (χ3n) is 5.87. The molecular weight excluding hydrogens is 445 g/mol. The fourth-order valence-corrected chi connectivity index (χ4v) is 5.69. The minimum atomic E-state index is -3.81. The number of carbonyl (C=O) groups excluding carboxylic acids is 1. The number of nitrogen functional groups attached to an aromatic ring is 1. The Morgan fingerprint density at radius 2 is 1.70 bits per heavy atom. The van der Waals surface area contributed by atoms with E-state index in [2.05, 4.69) is 20.6 Å². The van der Waals surface area contributed by atoms with Gasteiger partial charge in [0.05, 0.1) is 10.6 Å². The summed E-state index contributed by atoms with van der Waals surface area (Å²) in [4.78, 5) is 20.8. The zero-order valence-electron chi connectivity index (χ0n) is 17.6. The number of urea groups is 1. The molecule has 10 heteroatoms. The summed E-state index contributed by atoms with van der Waals surface area (Å²) in [5.41, 5.74) is 7.57. The number of anilines is 2. The highest BCUT2D eigenvalue weighted by Gasteiger charge is 2.57. The molecule has 0 spiro atoms. The summed E-state index contributed by atoms with van der Waals surface area (Å²) in [5, 5.41) is 5.62. The highest BCUT2D eigenvalue weighted by molar-refractivity contribution is 7.92. The third kappa shape index (κ3) is 4.13. The van der Waals surface area contributed by atoms with Crippen molar-refractivity contribution in [1.29, 1.82) is 0 Å². The van der Waals surface area contributed by atoms with E-state index in [0.717, 1.165) is 25.0 Å². The Kier molecular flexibility index (Phi) is 5.04. The van der Waals surface area contributed by atoms with Crippen LogP contribution in [0.1, 0.15) is 31.4 Å². The van der Waals surface area contributed by atoms with Crippen molar-refractivity contribution in [2.24, 2.45) is 0 Å². The molecule has 8 nitrogen and oxygen atoms in total. The molecule has 2 aliphatic carbocycles. The standard InChI is InChI=1S/C23H22FN5O3S/c24-15-3-9-18(10-4-15)33(31,32)23(11-12-23)19-13-20(25)29-21(28-19)14-1-5-16(6-2-14)26-22(30)27-17-7-8-17/h1-6,9-10,13,17H,7-8,11-12H2,(H2,25,28,29)(H2,26,27,30). The number of aromatic nitrogens is 2. The van der Waals surface area contributed by atoms with Crippen LogP contribution in [0.2, 0.25) is 0 Å². The maximum Gasteiger partial charge on any atom is 0.319 e. The average Bonchev–Trinajstić information content (AvgIpc) is 3.69. The predicted octanol–water partition coefficient (Wildman–Crippen LogP) is 3.61. The summed E-state index contributed by atoms with van der Waals surface area (Å²) in [6, 6.07) is 13.2.